The minimum atomic E-state index is -4.43. The summed E-state index contributed by atoms with van der Waals surface area (Å²) >= 11 is 0. The first-order chi connectivity index (χ1) is 22.9. The lowest BCUT2D eigenvalue weighted by molar-refractivity contribution is -0.870. The molecule has 0 spiro atoms. The van der Waals surface area contributed by atoms with Crippen LogP contribution in [0.4, 0.5) is 0 Å². The van der Waals surface area contributed by atoms with Crippen molar-refractivity contribution in [1.82, 2.24) is 10.6 Å². The Labute approximate surface area is 290 Å². The number of carbonyl (C=O) groups is 2. The van der Waals surface area contributed by atoms with Crippen LogP contribution in [0.5, 0.6) is 0 Å². The van der Waals surface area contributed by atoms with Gasteiger partial charge >= 0.3 is 7.82 Å². The fraction of sp³-hybridized carbons (Fsp3) is 0.667. The van der Waals surface area contributed by atoms with Crippen molar-refractivity contribution in [1.29, 1.82) is 0 Å². The van der Waals surface area contributed by atoms with E-state index in [1.165, 1.54) is 0 Å². The molecule has 0 aliphatic rings. The molecule has 0 aromatic carbocycles. The van der Waals surface area contributed by atoms with E-state index in [-0.39, 0.29) is 31.5 Å². The quantitative estimate of drug-likeness (QED) is 0.0320. The zero-order valence-electron chi connectivity index (χ0n) is 30.2. The highest BCUT2D eigenvalue weighted by Gasteiger charge is 2.28. The fourth-order valence-electron chi connectivity index (χ4n) is 4.19. The molecular formula is C36H65N3O8P+. The first-order valence-electron chi connectivity index (χ1n) is 17.3. The molecule has 0 saturated heterocycles. The zero-order chi connectivity index (χ0) is 35.9. The van der Waals surface area contributed by atoms with E-state index >= 15 is 0 Å². The van der Waals surface area contributed by atoms with Gasteiger partial charge in [-0.1, -0.05) is 74.1 Å². The number of quaternary nitrogens is 1. The zero-order valence-corrected chi connectivity index (χ0v) is 31.1. The van der Waals surface area contributed by atoms with Gasteiger partial charge in [-0.25, -0.2) is 4.57 Å². The Balaban J connectivity index is 4.66. The molecule has 276 valence electrons. The molecule has 4 N–H and O–H groups in total. The smallest absolute Gasteiger partial charge is 0.396 e. The van der Waals surface area contributed by atoms with E-state index in [0.717, 1.165) is 44.9 Å². The Morgan fingerprint density at radius 3 is 1.96 bits per heavy atom. The van der Waals surface area contributed by atoms with Gasteiger partial charge in [-0.15, -0.1) is 0 Å². The third-order valence-electron chi connectivity index (χ3n) is 7.00. The number of hydrogen-bond acceptors (Lipinski definition) is 7. The highest BCUT2D eigenvalue weighted by molar-refractivity contribution is 7.47. The lowest BCUT2D eigenvalue weighted by Crippen LogP contribution is -2.49. The molecular weight excluding hydrogens is 633 g/mol. The number of carbonyl (C=O) groups excluding carboxylic acids is 2. The number of ether oxygens (including phenoxy) is 1. The number of phosphoric ester groups is 1. The summed E-state index contributed by atoms with van der Waals surface area (Å²) in [5, 5.41) is 14.8. The number of phosphoric acid groups is 1. The van der Waals surface area contributed by atoms with Gasteiger partial charge in [0.15, 0.2) is 0 Å². The van der Waals surface area contributed by atoms with Crippen LogP contribution >= 0.6 is 7.82 Å². The molecule has 3 atom stereocenters. The van der Waals surface area contributed by atoms with Gasteiger partial charge < -0.3 is 29.9 Å². The number of aliphatic hydroxyl groups is 1. The predicted molar refractivity (Wildman–Crippen MR) is 194 cm³/mol. The van der Waals surface area contributed by atoms with E-state index in [1.54, 1.807) is 7.11 Å². The summed E-state index contributed by atoms with van der Waals surface area (Å²) in [5.74, 6) is -0.824. The van der Waals surface area contributed by atoms with Crippen molar-refractivity contribution in [2.75, 3.05) is 67.8 Å². The lowest BCUT2D eigenvalue weighted by Gasteiger charge is -2.24. The molecule has 0 fully saturated rings. The Morgan fingerprint density at radius 1 is 0.833 bits per heavy atom. The summed E-state index contributed by atoms with van der Waals surface area (Å²) in [6.07, 6.45) is 29.7. The third kappa shape index (κ3) is 29.7. The largest absolute Gasteiger partial charge is 0.472 e. The predicted octanol–water partition coefficient (Wildman–Crippen LogP) is 5.77. The van der Waals surface area contributed by atoms with Crippen molar-refractivity contribution in [3.8, 4) is 0 Å². The summed E-state index contributed by atoms with van der Waals surface area (Å²) < 4.78 is 28.2. The maximum atomic E-state index is 12.9. The molecule has 2 amide bonds. The number of aliphatic hydroxyl groups excluding tert-OH is 1. The molecule has 0 bridgehead atoms. The summed E-state index contributed by atoms with van der Waals surface area (Å²) in [6.45, 7) is 2.94. The van der Waals surface area contributed by atoms with E-state index in [0.29, 0.717) is 43.4 Å². The lowest BCUT2D eigenvalue weighted by atomic mass is 10.0. The molecule has 11 nitrogen and oxygen atoms in total. The second-order valence-electron chi connectivity index (χ2n) is 12.6. The molecule has 0 rings (SSSR count). The van der Waals surface area contributed by atoms with Crippen LogP contribution < -0.4 is 10.6 Å². The van der Waals surface area contributed by atoms with Gasteiger partial charge in [0, 0.05) is 32.6 Å². The van der Waals surface area contributed by atoms with E-state index in [1.807, 2.05) is 27.2 Å². The number of nitrogens with zero attached hydrogens (tertiary/aromatic N) is 1. The first kappa shape index (κ1) is 45.6. The normalized spacial score (nSPS) is 15.2. The van der Waals surface area contributed by atoms with Gasteiger partial charge in [-0.05, 0) is 57.8 Å². The number of methoxy groups -OCH3 is 1. The number of unbranched alkanes of at least 4 members (excludes halogenated alkanes) is 2. The Hall–Kier alpha value is -2.37. The van der Waals surface area contributed by atoms with E-state index in [2.05, 4.69) is 72.2 Å². The summed E-state index contributed by atoms with van der Waals surface area (Å²) in [4.78, 5) is 35.7. The standard InChI is InChI=1S/C36H64N3O8P/c1-6-7-8-9-10-11-12-13-14-15-16-17-18-19-20-21-22-26-35(41)38-34(32-47-48(43,44)46-29-28-39(2,3)4)36(42)37-27-24-23-25-33(30-40)31-45-5/h7-8,10-11,13-14,16-17,19-20,33-34,40H,6,9,12,15,18,21-32H2,1-5H3,(H2-,37,38,41,42,43,44)/p+1/b8-7-,11-10-,14-13-,17-16-,20-19-/t33?,34-/m0/s1. The maximum Gasteiger partial charge on any atom is 0.472 e. The monoisotopic (exact) mass is 698 g/mol. The summed E-state index contributed by atoms with van der Waals surface area (Å²) in [5.41, 5.74) is 0. The third-order valence-corrected chi connectivity index (χ3v) is 7.99. The van der Waals surface area contributed by atoms with Gasteiger partial charge in [-0.3, -0.25) is 18.6 Å². The highest BCUT2D eigenvalue weighted by Crippen LogP contribution is 2.43. The van der Waals surface area contributed by atoms with Crippen molar-refractivity contribution in [3.05, 3.63) is 60.8 Å². The van der Waals surface area contributed by atoms with E-state index in [9.17, 15) is 24.2 Å². The molecule has 0 aromatic rings. The maximum absolute atomic E-state index is 12.9. The van der Waals surface area contributed by atoms with Gasteiger partial charge in [0.25, 0.3) is 0 Å². The van der Waals surface area contributed by atoms with Crippen LogP contribution in [0.15, 0.2) is 60.8 Å². The molecule has 0 aromatic heterocycles. The number of rotatable bonds is 30. The second-order valence-corrected chi connectivity index (χ2v) is 14.1. The molecule has 0 aliphatic carbocycles. The Morgan fingerprint density at radius 2 is 1.42 bits per heavy atom. The van der Waals surface area contributed by atoms with Crippen molar-refractivity contribution in [3.63, 3.8) is 0 Å². The molecule has 0 radical (unpaired) electrons. The number of likely N-dealkylation sites (N-methyl/N-ethyl adjacent to an activating group) is 1. The first-order valence-corrected chi connectivity index (χ1v) is 18.8. The summed E-state index contributed by atoms with van der Waals surface area (Å²) in [6, 6.07) is -1.16. The van der Waals surface area contributed by atoms with Crippen LogP contribution in [-0.4, -0.2) is 100 Å². The molecule has 12 heteroatoms. The SMILES string of the molecule is CC/C=C\C/C=C\C/C=C\C/C=C\C/C=C\CCCC(=O)N[C@@H](COP(=O)(O)OCC[N+](C)(C)C)C(=O)NCCCCC(CO)COC. The van der Waals surface area contributed by atoms with Crippen LogP contribution in [0.25, 0.3) is 0 Å². The minimum Gasteiger partial charge on any atom is -0.396 e. The number of amides is 2. The van der Waals surface area contributed by atoms with Crippen molar-refractivity contribution in [2.24, 2.45) is 5.92 Å². The fourth-order valence-corrected chi connectivity index (χ4v) is 4.91. The van der Waals surface area contributed by atoms with Crippen molar-refractivity contribution in [2.45, 2.75) is 83.6 Å². The Bertz CT molecular complexity index is 1040. The average Bonchev–Trinajstić information content (AvgIpc) is 3.02. The van der Waals surface area contributed by atoms with E-state index < -0.39 is 26.4 Å². The van der Waals surface area contributed by atoms with Crippen LogP contribution in [-0.2, 0) is 27.9 Å². The highest BCUT2D eigenvalue weighted by atomic mass is 31.2. The van der Waals surface area contributed by atoms with Gasteiger partial charge in [-0.2, -0.15) is 0 Å². The molecule has 0 heterocycles. The van der Waals surface area contributed by atoms with Gasteiger partial charge in [0.2, 0.25) is 11.8 Å². The van der Waals surface area contributed by atoms with Gasteiger partial charge in [0.05, 0.1) is 34.4 Å². The molecule has 0 aliphatic heterocycles. The molecule has 2 unspecified atom stereocenters. The van der Waals surface area contributed by atoms with Crippen LogP contribution in [0.3, 0.4) is 0 Å². The van der Waals surface area contributed by atoms with Crippen LogP contribution in [0.2, 0.25) is 0 Å². The van der Waals surface area contributed by atoms with E-state index in [4.69, 9.17) is 13.8 Å². The topological polar surface area (TPSA) is 143 Å². The minimum absolute atomic E-state index is 0.00575. The summed E-state index contributed by atoms with van der Waals surface area (Å²) in [7, 11) is 2.93. The molecule has 48 heavy (non-hydrogen) atoms. The Kier molecular flexibility index (Phi) is 28.1. The molecule has 0 saturated carbocycles. The second kappa shape index (κ2) is 29.5. The van der Waals surface area contributed by atoms with Crippen LogP contribution in [0, 0.1) is 5.92 Å². The average molecular weight is 699 g/mol. The number of allylic oxidation sites excluding steroid dienone is 10. The number of hydrogen-bond donors (Lipinski definition) is 4. The van der Waals surface area contributed by atoms with Gasteiger partial charge in [0.1, 0.15) is 19.2 Å². The van der Waals surface area contributed by atoms with Crippen molar-refractivity contribution < 1.29 is 42.4 Å². The van der Waals surface area contributed by atoms with Crippen LogP contribution in [0.1, 0.15) is 77.6 Å². The number of nitrogens with one attached hydrogen (secondary N) is 2. The van der Waals surface area contributed by atoms with Crippen molar-refractivity contribution >= 4 is 19.6 Å².